The fraction of sp³-hybridized carbons (Fsp3) is 0.136. The molecule has 0 aliphatic carbocycles. The smallest absolute Gasteiger partial charge is 0.237 e. The van der Waals surface area contributed by atoms with E-state index in [-0.39, 0.29) is 11.7 Å². The molecule has 7 nitrogen and oxygen atoms in total. The SMILES string of the molecule is CC(=O)c1cccc(NC(=O)C(C)Sc2ncnc3c2cnn3-c2ccccc2)c1. The molecule has 1 N–H and O–H groups in total. The zero-order valence-corrected chi connectivity index (χ0v) is 17.3. The van der Waals surface area contributed by atoms with E-state index in [1.165, 1.54) is 25.0 Å². The first-order chi connectivity index (χ1) is 14.5. The number of aromatic nitrogens is 4. The Morgan fingerprint density at radius 2 is 1.87 bits per heavy atom. The molecule has 2 heterocycles. The van der Waals surface area contributed by atoms with Crippen molar-refractivity contribution in [2.45, 2.75) is 24.1 Å². The molecular formula is C22H19N5O2S. The highest BCUT2D eigenvalue weighted by Crippen LogP contribution is 2.29. The summed E-state index contributed by atoms with van der Waals surface area (Å²) >= 11 is 1.34. The minimum atomic E-state index is -0.413. The number of fused-ring (bicyclic) bond motifs is 1. The average molecular weight is 417 g/mol. The third-order valence-corrected chi connectivity index (χ3v) is 5.64. The van der Waals surface area contributed by atoms with Crippen molar-refractivity contribution in [2.24, 2.45) is 0 Å². The zero-order valence-electron chi connectivity index (χ0n) is 16.4. The van der Waals surface area contributed by atoms with Gasteiger partial charge in [-0.3, -0.25) is 9.59 Å². The minimum absolute atomic E-state index is 0.0488. The lowest BCUT2D eigenvalue weighted by atomic mass is 10.1. The van der Waals surface area contributed by atoms with Gasteiger partial charge in [-0.2, -0.15) is 5.10 Å². The maximum absolute atomic E-state index is 12.7. The number of rotatable bonds is 6. The third kappa shape index (κ3) is 4.08. The Hall–Kier alpha value is -3.52. The van der Waals surface area contributed by atoms with Gasteiger partial charge in [0.25, 0.3) is 0 Å². The minimum Gasteiger partial charge on any atom is -0.325 e. The molecule has 0 saturated carbocycles. The summed E-state index contributed by atoms with van der Waals surface area (Å²) in [5.41, 5.74) is 2.72. The number of anilines is 1. The predicted octanol–water partition coefficient (Wildman–Crippen LogP) is 4.14. The molecule has 0 spiro atoms. The van der Waals surface area contributed by atoms with Crippen molar-refractivity contribution in [3.05, 3.63) is 72.7 Å². The molecule has 8 heteroatoms. The Bertz CT molecular complexity index is 1220. The summed E-state index contributed by atoms with van der Waals surface area (Å²) in [6.07, 6.45) is 3.19. The predicted molar refractivity (Wildman–Crippen MR) is 117 cm³/mol. The Kier molecular flexibility index (Phi) is 5.58. The molecule has 1 amide bonds. The monoisotopic (exact) mass is 417 g/mol. The molecule has 0 aliphatic heterocycles. The lowest BCUT2D eigenvalue weighted by Crippen LogP contribution is -2.22. The van der Waals surface area contributed by atoms with E-state index in [0.717, 1.165) is 11.1 Å². The lowest BCUT2D eigenvalue weighted by molar-refractivity contribution is -0.115. The molecule has 30 heavy (non-hydrogen) atoms. The third-order valence-electron chi connectivity index (χ3n) is 4.52. The number of hydrogen-bond donors (Lipinski definition) is 1. The van der Waals surface area contributed by atoms with Crippen LogP contribution < -0.4 is 5.32 Å². The first-order valence-electron chi connectivity index (χ1n) is 9.35. The highest BCUT2D eigenvalue weighted by atomic mass is 32.2. The molecule has 0 fully saturated rings. The van der Waals surface area contributed by atoms with Gasteiger partial charge in [0.15, 0.2) is 11.4 Å². The molecule has 0 aliphatic rings. The van der Waals surface area contributed by atoms with Gasteiger partial charge in [0.1, 0.15) is 11.4 Å². The van der Waals surface area contributed by atoms with Crippen molar-refractivity contribution in [1.82, 2.24) is 19.7 Å². The highest BCUT2D eigenvalue weighted by molar-refractivity contribution is 8.00. The van der Waals surface area contributed by atoms with Gasteiger partial charge in [0, 0.05) is 11.3 Å². The summed E-state index contributed by atoms with van der Waals surface area (Å²) in [7, 11) is 0. The number of carbonyl (C=O) groups excluding carboxylic acids is 2. The topological polar surface area (TPSA) is 89.8 Å². The highest BCUT2D eigenvalue weighted by Gasteiger charge is 2.19. The van der Waals surface area contributed by atoms with Crippen LogP contribution in [0, 0.1) is 0 Å². The maximum atomic E-state index is 12.7. The van der Waals surface area contributed by atoms with E-state index in [1.807, 2.05) is 37.3 Å². The van der Waals surface area contributed by atoms with E-state index in [2.05, 4.69) is 20.4 Å². The van der Waals surface area contributed by atoms with Crippen LogP contribution in [-0.4, -0.2) is 36.7 Å². The number of benzene rings is 2. The van der Waals surface area contributed by atoms with Gasteiger partial charge < -0.3 is 5.32 Å². The zero-order chi connectivity index (χ0) is 21.1. The van der Waals surface area contributed by atoms with E-state index >= 15 is 0 Å². The average Bonchev–Trinajstić information content (AvgIpc) is 3.19. The number of hydrogen-bond acceptors (Lipinski definition) is 6. The standard InChI is InChI=1S/C22H19N5O2S/c1-14(28)16-7-6-8-17(11-16)26-21(29)15(2)30-22-19-12-25-27(20(19)23-13-24-22)18-9-4-3-5-10-18/h3-13,15H,1-2H3,(H,26,29). The van der Waals surface area contributed by atoms with Gasteiger partial charge in [-0.25, -0.2) is 14.6 Å². The van der Waals surface area contributed by atoms with Crippen molar-refractivity contribution < 1.29 is 9.59 Å². The van der Waals surface area contributed by atoms with E-state index in [1.54, 1.807) is 35.1 Å². The molecule has 0 bridgehead atoms. The van der Waals surface area contributed by atoms with Crippen molar-refractivity contribution in [1.29, 1.82) is 0 Å². The normalized spacial score (nSPS) is 11.9. The van der Waals surface area contributed by atoms with Gasteiger partial charge in [0.2, 0.25) is 5.91 Å². The van der Waals surface area contributed by atoms with E-state index in [9.17, 15) is 9.59 Å². The molecular weight excluding hydrogens is 398 g/mol. The van der Waals surface area contributed by atoms with E-state index in [0.29, 0.717) is 21.9 Å². The van der Waals surface area contributed by atoms with Crippen molar-refractivity contribution in [3.63, 3.8) is 0 Å². The maximum Gasteiger partial charge on any atom is 0.237 e. The van der Waals surface area contributed by atoms with Crippen LogP contribution in [0.4, 0.5) is 5.69 Å². The first kappa shape index (κ1) is 19.8. The summed E-state index contributed by atoms with van der Waals surface area (Å²) < 4.78 is 1.75. The number of para-hydroxylation sites is 1. The number of carbonyl (C=O) groups is 2. The first-order valence-corrected chi connectivity index (χ1v) is 10.2. The van der Waals surface area contributed by atoms with Gasteiger partial charge >= 0.3 is 0 Å². The summed E-state index contributed by atoms with van der Waals surface area (Å²) in [4.78, 5) is 33.0. The second kappa shape index (κ2) is 8.46. The van der Waals surface area contributed by atoms with Crippen LogP contribution in [0.3, 0.4) is 0 Å². The summed E-state index contributed by atoms with van der Waals surface area (Å²) in [5.74, 6) is -0.227. The van der Waals surface area contributed by atoms with Crippen LogP contribution in [0.1, 0.15) is 24.2 Å². The van der Waals surface area contributed by atoms with Crippen LogP contribution in [0.2, 0.25) is 0 Å². The van der Waals surface area contributed by atoms with Gasteiger partial charge in [-0.1, -0.05) is 42.1 Å². The second-order valence-electron chi connectivity index (χ2n) is 6.69. The van der Waals surface area contributed by atoms with Gasteiger partial charge in [-0.15, -0.1) is 0 Å². The molecule has 1 atom stereocenters. The lowest BCUT2D eigenvalue weighted by Gasteiger charge is -2.12. The van der Waals surface area contributed by atoms with E-state index in [4.69, 9.17) is 0 Å². The van der Waals surface area contributed by atoms with Gasteiger partial charge in [-0.05, 0) is 38.1 Å². The Labute approximate surface area is 177 Å². The van der Waals surface area contributed by atoms with Crippen molar-refractivity contribution in [3.8, 4) is 5.69 Å². The molecule has 2 aromatic heterocycles. The molecule has 0 radical (unpaired) electrons. The number of thioether (sulfide) groups is 1. The van der Waals surface area contributed by atoms with Crippen LogP contribution in [-0.2, 0) is 4.79 Å². The van der Waals surface area contributed by atoms with Crippen molar-refractivity contribution in [2.75, 3.05) is 5.32 Å². The molecule has 4 aromatic rings. The molecule has 0 saturated heterocycles. The van der Waals surface area contributed by atoms with Gasteiger partial charge in [0.05, 0.1) is 22.5 Å². The summed E-state index contributed by atoms with van der Waals surface area (Å²) in [6.45, 7) is 3.31. The van der Waals surface area contributed by atoms with Crippen LogP contribution >= 0.6 is 11.8 Å². The Balaban J connectivity index is 1.54. The van der Waals surface area contributed by atoms with E-state index < -0.39 is 5.25 Å². The second-order valence-corrected chi connectivity index (χ2v) is 8.02. The molecule has 2 aromatic carbocycles. The largest absolute Gasteiger partial charge is 0.325 e. The van der Waals surface area contributed by atoms with Crippen LogP contribution in [0.25, 0.3) is 16.7 Å². The Morgan fingerprint density at radius 1 is 1.07 bits per heavy atom. The fourth-order valence-corrected chi connectivity index (χ4v) is 3.84. The Morgan fingerprint density at radius 3 is 2.63 bits per heavy atom. The summed E-state index contributed by atoms with van der Waals surface area (Å²) in [6, 6.07) is 16.6. The van der Waals surface area contributed by atoms with Crippen LogP contribution in [0.5, 0.6) is 0 Å². The number of amides is 1. The fourth-order valence-electron chi connectivity index (χ4n) is 2.96. The number of nitrogens with zero attached hydrogens (tertiary/aromatic N) is 4. The van der Waals surface area contributed by atoms with Crippen LogP contribution in [0.15, 0.2) is 72.1 Å². The van der Waals surface area contributed by atoms with Crippen molar-refractivity contribution >= 4 is 40.2 Å². The number of ketones is 1. The molecule has 1 unspecified atom stereocenters. The molecule has 4 rings (SSSR count). The molecule has 150 valence electrons. The quantitative estimate of drug-likeness (QED) is 0.288. The number of Topliss-reactive ketones (excluding diaryl/α,β-unsaturated/α-hetero) is 1. The number of nitrogens with one attached hydrogen (secondary N) is 1. The summed E-state index contributed by atoms with van der Waals surface area (Å²) in [5, 5.41) is 8.35.